The molecule has 1 aromatic carbocycles. The van der Waals surface area contributed by atoms with E-state index in [1.807, 2.05) is 19.1 Å². The van der Waals surface area contributed by atoms with Gasteiger partial charge in [0.15, 0.2) is 0 Å². The fraction of sp³-hybridized carbons (Fsp3) is 0.571. The number of sulfonamides is 1. The summed E-state index contributed by atoms with van der Waals surface area (Å²) in [5.41, 5.74) is 1.16. The van der Waals surface area contributed by atoms with Crippen LogP contribution >= 0.6 is 0 Å². The highest BCUT2D eigenvalue weighted by molar-refractivity contribution is 7.89. The van der Waals surface area contributed by atoms with Gasteiger partial charge in [0, 0.05) is 25.7 Å². The van der Waals surface area contributed by atoms with E-state index in [1.54, 1.807) is 16.4 Å². The van der Waals surface area contributed by atoms with Crippen LogP contribution in [-0.4, -0.2) is 38.4 Å². The number of benzene rings is 1. The molecule has 1 saturated heterocycles. The van der Waals surface area contributed by atoms with Crippen molar-refractivity contribution in [2.75, 3.05) is 19.6 Å². The van der Waals surface area contributed by atoms with E-state index in [2.05, 4.69) is 19.2 Å². The Morgan fingerprint density at radius 2 is 1.89 bits per heavy atom. The molecule has 0 aromatic heterocycles. The summed E-state index contributed by atoms with van der Waals surface area (Å²) >= 11 is 0. The van der Waals surface area contributed by atoms with Gasteiger partial charge in [-0.2, -0.15) is 4.31 Å². The van der Waals surface area contributed by atoms with Gasteiger partial charge in [-0.1, -0.05) is 26.0 Å². The Bertz CT molecular complexity index is 523. The van der Waals surface area contributed by atoms with Gasteiger partial charge in [0.1, 0.15) is 0 Å². The van der Waals surface area contributed by atoms with Crippen molar-refractivity contribution in [1.29, 1.82) is 0 Å². The average molecular weight is 282 g/mol. The fourth-order valence-electron chi connectivity index (χ4n) is 2.34. The molecule has 5 heteroatoms. The van der Waals surface area contributed by atoms with E-state index in [9.17, 15) is 8.42 Å². The molecule has 1 heterocycles. The molecule has 2 rings (SSSR count). The predicted octanol–water partition coefficient (Wildman–Crippen LogP) is 1.79. The lowest BCUT2D eigenvalue weighted by Crippen LogP contribution is -2.52. The molecule has 0 spiro atoms. The summed E-state index contributed by atoms with van der Waals surface area (Å²) in [4.78, 5) is 0.394. The Morgan fingerprint density at radius 1 is 1.26 bits per heavy atom. The number of hydrogen-bond donors (Lipinski definition) is 1. The van der Waals surface area contributed by atoms with Gasteiger partial charge in [-0.25, -0.2) is 8.42 Å². The highest BCUT2D eigenvalue weighted by atomic mass is 32.2. The van der Waals surface area contributed by atoms with Gasteiger partial charge in [0.05, 0.1) is 4.90 Å². The number of rotatable bonds is 3. The van der Waals surface area contributed by atoms with E-state index >= 15 is 0 Å². The molecule has 0 bridgehead atoms. The minimum Gasteiger partial charge on any atom is -0.314 e. The topological polar surface area (TPSA) is 49.4 Å². The second-order valence-electron chi connectivity index (χ2n) is 5.39. The standard InChI is InChI=1S/C14H22N2O2S/c1-11(2)13-4-6-14(7-5-13)19(17,18)16-9-8-15-10-12(16)3/h4-7,11-12,15H,8-10H2,1-3H3. The highest BCUT2D eigenvalue weighted by Crippen LogP contribution is 2.22. The zero-order chi connectivity index (χ0) is 14.0. The van der Waals surface area contributed by atoms with Crippen LogP contribution in [0.5, 0.6) is 0 Å². The largest absolute Gasteiger partial charge is 0.314 e. The fourth-order valence-corrected chi connectivity index (χ4v) is 3.97. The Hall–Kier alpha value is -0.910. The zero-order valence-corrected chi connectivity index (χ0v) is 12.6. The predicted molar refractivity (Wildman–Crippen MR) is 76.8 cm³/mol. The average Bonchev–Trinajstić information content (AvgIpc) is 2.39. The van der Waals surface area contributed by atoms with Crippen molar-refractivity contribution in [2.45, 2.75) is 37.6 Å². The minimum absolute atomic E-state index is 0.00326. The lowest BCUT2D eigenvalue weighted by molar-refractivity contribution is 0.284. The molecular formula is C14H22N2O2S. The first-order valence-corrected chi connectivity index (χ1v) is 8.19. The van der Waals surface area contributed by atoms with Gasteiger partial charge in [-0.05, 0) is 30.5 Å². The van der Waals surface area contributed by atoms with Gasteiger partial charge in [0.25, 0.3) is 0 Å². The molecule has 1 fully saturated rings. The molecular weight excluding hydrogens is 260 g/mol. The van der Waals surface area contributed by atoms with Crippen molar-refractivity contribution in [3.63, 3.8) is 0 Å². The Kier molecular flexibility index (Phi) is 4.28. The summed E-state index contributed by atoms with van der Waals surface area (Å²) in [6, 6.07) is 7.26. The summed E-state index contributed by atoms with van der Waals surface area (Å²) in [5, 5.41) is 3.21. The van der Waals surface area contributed by atoms with Gasteiger partial charge in [-0.15, -0.1) is 0 Å². The van der Waals surface area contributed by atoms with E-state index in [4.69, 9.17) is 0 Å². The normalized spacial score (nSPS) is 21.8. The molecule has 106 valence electrons. The molecule has 1 aliphatic heterocycles. The quantitative estimate of drug-likeness (QED) is 0.919. The smallest absolute Gasteiger partial charge is 0.243 e. The molecule has 1 N–H and O–H groups in total. The second kappa shape index (κ2) is 5.61. The van der Waals surface area contributed by atoms with Crippen LogP contribution in [0, 0.1) is 0 Å². The van der Waals surface area contributed by atoms with E-state index < -0.39 is 10.0 Å². The minimum atomic E-state index is -3.36. The van der Waals surface area contributed by atoms with Gasteiger partial charge >= 0.3 is 0 Å². The molecule has 1 aliphatic rings. The van der Waals surface area contributed by atoms with Crippen molar-refractivity contribution in [3.05, 3.63) is 29.8 Å². The Balaban J connectivity index is 2.28. The maximum Gasteiger partial charge on any atom is 0.243 e. The summed E-state index contributed by atoms with van der Waals surface area (Å²) in [6.07, 6.45) is 0. The highest BCUT2D eigenvalue weighted by Gasteiger charge is 2.30. The molecule has 0 radical (unpaired) electrons. The van der Waals surface area contributed by atoms with E-state index in [0.717, 1.165) is 5.56 Å². The third-order valence-electron chi connectivity index (χ3n) is 3.59. The molecule has 0 aliphatic carbocycles. The van der Waals surface area contributed by atoms with Crippen molar-refractivity contribution in [1.82, 2.24) is 9.62 Å². The third-order valence-corrected chi connectivity index (χ3v) is 5.62. The third kappa shape index (κ3) is 2.99. The zero-order valence-electron chi connectivity index (χ0n) is 11.8. The van der Waals surface area contributed by atoms with Crippen LogP contribution in [0.25, 0.3) is 0 Å². The van der Waals surface area contributed by atoms with Crippen LogP contribution in [0.15, 0.2) is 29.2 Å². The van der Waals surface area contributed by atoms with Crippen LogP contribution in [0.1, 0.15) is 32.3 Å². The summed E-state index contributed by atoms with van der Waals surface area (Å²) < 4.78 is 26.7. The molecule has 19 heavy (non-hydrogen) atoms. The lowest BCUT2D eigenvalue weighted by atomic mass is 10.0. The van der Waals surface area contributed by atoms with Crippen molar-refractivity contribution < 1.29 is 8.42 Å². The maximum absolute atomic E-state index is 12.6. The molecule has 1 unspecified atom stereocenters. The SMILES string of the molecule is CC(C)c1ccc(S(=O)(=O)N2CCNCC2C)cc1. The molecule has 1 aromatic rings. The van der Waals surface area contributed by atoms with Crippen LogP contribution in [0.4, 0.5) is 0 Å². The molecule has 1 atom stereocenters. The summed E-state index contributed by atoms with van der Waals surface area (Å²) in [5.74, 6) is 0.412. The molecule has 4 nitrogen and oxygen atoms in total. The number of nitrogens with zero attached hydrogens (tertiary/aromatic N) is 1. The summed E-state index contributed by atoms with van der Waals surface area (Å²) in [7, 11) is -3.36. The number of nitrogens with one attached hydrogen (secondary N) is 1. The Morgan fingerprint density at radius 3 is 2.42 bits per heavy atom. The molecule has 0 saturated carbocycles. The maximum atomic E-state index is 12.6. The first-order valence-electron chi connectivity index (χ1n) is 6.75. The Labute approximate surface area is 115 Å². The second-order valence-corrected chi connectivity index (χ2v) is 7.28. The first-order chi connectivity index (χ1) is 8.93. The lowest BCUT2D eigenvalue weighted by Gasteiger charge is -2.32. The van der Waals surface area contributed by atoms with E-state index in [-0.39, 0.29) is 6.04 Å². The first kappa shape index (κ1) is 14.5. The van der Waals surface area contributed by atoms with Crippen molar-refractivity contribution in [2.24, 2.45) is 0 Å². The summed E-state index contributed by atoms with van der Waals surface area (Å²) in [6.45, 7) is 8.10. The van der Waals surface area contributed by atoms with Crippen LogP contribution < -0.4 is 5.32 Å². The van der Waals surface area contributed by atoms with Crippen molar-refractivity contribution in [3.8, 4) is 0 Å². The monoisotopic (exact) mass is 282 g/mol. The van der Waals surface area contributed by atoms with Gasteiger partial charge in [-0.3, -0.25) is 0 Å². The number of hydrogen-bond acceptors (Lipinski definition) is 3. The van der Waals surface area contributed by atoms with E-state index in [1.165, 1.54) is 0 Å². The van der Waals surface area contributed by atoms with Gasteiger partial charge < -0.3 is 5.32 Å². The molecule has 0 amide bonds. The van der Waals surface area contributed by atoms with Crippen LogP contribution in [0.2, 0.25) is 0 Å². The number of piperazine rings is 1. The van der Waals surface area contributed by atoms with Gasteiger partial charge in [0.2, 0.25) is 10.0 Å². The van der Waals surface area contributed by atoms with E-state index in [0.29, 0.717) is 30.4 Å². The van der Waals surface area contributed by atoms with Crippen LogP contribution in [-0.2, 0) is 10.0 Å². The van der Waals surface area contributed by atoms with Crippen LogP contribution in [0.3, 0.4) is 0 Å². The van der Waals surface area contributed by atoms with Crippen molar-refractivity contribution >= 4 is 10.0 Å².